The molecule has 2 heteroatoms. The predicted molar refractivity (Wildman–Crippen MR) is 60.5 cm³/mol. The van der Waals surface area contributed by atoms with Gasteiger partial charge in [0.05, 0.1) is 0 Å². The van der Waals surface area contributed by atoms with Crippen LogP contribution in [0.3, 0.4) is 0 Å². The largest absolute Gasteiger partial charge is 0.381 e. The summed E-state index contributed by atoms with van der Waals surface area (Å²) < 4.78 is 5.41. The molecule has 0 aliphatic carbocycles. The van der Waals surface area contributed by atoms with Gasteiger partial charge in [-0.25, -0.2) is 0 Å². The predicted octanol–water partition coefficient (Wildman–Crippen LogP) is 2.44. The molecule has 1 heterocycles. The van der Waals surface area contributed by atoms with E-state index in [2.05, 4.69) is 26.1 Å². The van der Waals surface area contributed by atoms with Crippen LogP contribution in [0.25, 0.3) is 0 Å². The van der Waals surface area contributed by atoms with E-state index < -0.39 is 0 Å². The molecule has 0 spiro atoms. The first-order valence-electron chi connectivity index (χ1n) is 6.10. The highest BCUT2D eigenvalue weighted by Crippen LogP contribution is 2.25. The van der Waals surface area contributed by atoms with Crippen LogP contribution >= 0.6 is 0 Å². The molecular weight excluding hydrogens is 174 g/mol. The Morgan fingerprint density at radius 3 is 2.43 bits per heavy atom. The third-order valence-corrected chi connectivity index (χ3v) is 3.47. The second kappa shape index (κ2) is 6.41. The maximum atomic E-state index is 5.41. The number of hydrogen-bond acceptors (Lipinski definition) is 2. The summed E-state index contributed by atoms with van der Waals surface area (Å²) in [6, 6.07) is 0.703. The van der Waals surface area contributed by atoms with Gasteiger partial charge in [0, 0.05) is 19.3 Å². The standard InChI is InChI=1S/C12H25NO/c1-4-10(3)12(13-5-2)11-6-8-14-9-7-11/h10-13H,4-9H2,1-3H3. The first kappa shape index (κ1) is 12.0. The van der Waals surface area contributed by atoms with Crippen molar-refractivity contribution in [2.24, 2.45) is 11.8 Å². The van der Waals surface area contributed by atoms with Gasteiger partial charge < -0.3 is 10.1 Å². The highest BCUT2D eigenvalue weighted by Gasteiger charge is 2.26. The van der Waals surface area contributed by atoms with Gasteiger partial charge in [-0.15, -0.1) is 0 Å². The second-order valence-electron chi connectivity index (χ2n) is 4.42. The fourth-order valence-electron chi connectivity index (χ4n) is 2.40. The van der Waals surface area contributed by atoms with Gasteiger partial charge in [0.1, 0.15) is 0 Å². The lowest BCUT2D eigenvalue weighted by atomic mass is 9.83. The zero-order chi connectivity index (χ0) is 10.4. The summed E-state index contributed by atoms with van der Waals surface area (Å²) in [5, 5.41) is 3.65. The van der Waals surface area contributed by atoms with Gasteiger partial charge in [-0.05, 0) is 31.2 Å². The molecule has 0 bridgehead atoms. The van der Waals surface area contributed by atoms with Crippen LogP contribution in [0.2, 0.25) is 0 Å². The van der Waals surface area contributed by atoms with Gasteiger partial charge in [0.15, 0.2) is 0 Å². The van der Waals surface area contributed by atoms with Crippen molar-refractivity contribution in [3.63, 3.8) is 0 Å². The average molecular weight is 199 g/mol. The lowest BCUT2D eigenvalue weighted by molar-refractivity contribution is 0.0457. The van der Waals surface area contributed by atoms with Crippen LogP contribution < -0.4 is 5.32 Å². The monoisotopic (exact) mass is 199 g/mol. The molecule has 1 aliphatic rings. The lowest BCUT2D eigenvalue weighted by Crippen LogP contribution is -2.43. The van der Waals surface area contributed by atoms with Crippen molar-refractivity contribution >= 4 is 0 Å². The summed E-state index contributed by atoms with van der Waals surface area (Å²) in [5.41, 5.74) is 0. The molecule has 1 N–H and O–H groups in total. The minimum atomic E-state index is 0.703. The Kier molecular flexibility index (Phi) is 5.49. The summed E-state index contributed by atoms with van der Waals surface area (Å²) in [5.74, 6) is 1.62. The van der Waals surface area contributed by atoms with E-state index in [0.717, 1.165) is 31.6 Å². The Labute approximate surface area is 88.4 Å². The van der Waals surface area contributed by atoms with E-state index in [0.29, 0.717) is 6.04 Å². The molecule has 1 aliphatic heterocycles. The first-order chi connectivity index (χ1) is 6.79. The number of hydrogen-bond donors (Lipinski definition) is 1. The molecule has 84 valence electrons. The quantitative estimate of drug-likeness (QED) is 0.734. The van der Waals surface area contributed by atoms with Crippen LogP contribution in [-0.4, -0.2) is 25.8 Å². The van der Waals surface area contributed by atoms with Crippen molar-refractivity contribution in [2.45, 2.75) is 46.1 Å². The maximum absolute atomic E-state index is 5.41. The smallest absolute Gasteiger partial charge is 0.0469 e. The Hall–Kier alpha value is -0.0800. The summed E-state index contributed by atoms with van der Waals surface area (Å²) >= 11 is 0. The molecule has 1 rings (SSSR count). The Morgan fingerprint density at radius 1 is 1.29 bits per heavy atom. The van der Waals surface area contributed by atoms with Crippen molar-refractivity contribution in [2.75, 3.05) is 19.8 Å². The van der Waals surface area contributed by atoms with Crippen LogP contribution in [0, 0.1) is 11.8 Å². The van der Waals surface area contributed by atoms with Gasteiger partial charge in [0.2, 0.25) is 0 Å². The molecule has 1 saturated heterocycles. The minimum absolute atomic E-state index is 0.703. The molecule has 2 nitrogen and oxygen atoms in total. The van der Waals surface area contributed by atoms with Gasteiger partial charge in [-0.1, -0.05) is 27.2 Å². The molecule has 0 amide bonds. The Balaban J connectivity index is 2.46. The Morgan fingerprint density at radius 2 is 1.93 bits per heavy atom. The van der Waals surface area contributed by atoms with Gasteiger partial charge in [-0.3, -0.25) is 0 Å². The van der Waals surface area contributed by atoms with Crippen LogP contribution in [0.5, 0.6) is 0 Å². The second-order valence-corrected chi connectivity index (χ2v) is 4.42. The molecule has 0 aromatic carbocycles. The van der Waals surface area contributed by atoms with Crippen molar-refractivity contribution in [3.8, 4) is 0 Å². The summed E-state index contributed by atoms with van der Waals surface area (Å²) in [7, 11) is 0. The van der Waals surface area contributed by atoms with E-state index in [4.69, 9.17) is 4.74 Å². The van der Waals surface area contributed by atoms with E-state index >= 15 is 0 Å². The van der Waals surface area contributed by atoms with Crippen molar-refractivity contribution in [1.29, 1.82) is 0 Å². The molecule has 2 atom stereocenters. The van der Waals surface area contributed by atoms with Gasteiger partial charge in [-0.2, -0.15) is 0 Å². The van der Waals surface area contributed by atoms with Crippen LogP contribution in [0.1, 0.15) is 40.0 Å². The number of ether oxygens (including phenoxy) is 1. The fourth-order valence-corrected chi connectivity index (χ4v) is 2.40. The SMILES string of the molecule is CCNC(C(C)CC)C1CCOCC1. The Bertz CT molecular complexity index is 143. The topological polar surface area (TPSA) is 21.3 Å². The van der Waals surface area contributed by atoms with Crippen molar-refractivity contribution in [1.82, 2.24) is 5.32 Å². The molecule has 0 aromatic rings. The van der Waals surface area contributed by atoms with Crippen LogP contribution in [0.15, 0.2) is 0 Å². The zero-order valence-electron chi connectivity index (χ0n) is 9.88. The van der Waals surface area contributed by atoms with E-state index in [9.17, 15) is 0 Å². The van der Waals surface area contributed by atoms with Crippen molar-refractivity contribution in [3.05, 3.63) is 0 Å². The molecular formula is C12H25NO. The molecule has 0 aromatic heterocycles. The van der Waals surface area contributed by atoms with E-state index in [-0.39, 0.29) is 0 Å². The highest BCUT2D eigenvalue weighted by molar-refractivity contribution is 4.81. The first-order valence-corrected chi connectivity index (χ1v) is 6.10. The zero-order valence-corrected chi connectivity index (χ0v) is 9.88. The summed E-state index contributed by atoms with van der Waals surface area (Å²) in [6.07, 6.45) is 3.75. The van der Waals surface area contributed by atoms with Gasteiger partial charge >= 0.3 is 0 Å². The molecule has 1 fully saturated rings. The average Bonchev–Trinajstić information content (AvgIpc) is 2.26. The normalized spacial score (nSPS) is 23.4. The molecule has 0 radical (unpaired) electrons. The molecule has 2 unspecified atom stereocenters. The van der Waals surface area contributed by atoms with Crippen LogP contribution in [0.4, 0.5) is 0 Å². The van der Waals surface area contributed by atoms with E-state index in [1.54, 1.807) is 0 Å². The minimum Gasteiger partial charge on any atom is -0.381 e. The van der Waals surface area contributed by atoms with E-state index in [1.165, 1.54) is 19.3 Å². The summed E-state index contributed by atoms with van der Waals surface area (Å²) in [4.78, 5) is 0. The highest BCUT2D eigenvalue weighted by atomic mass is 16.5. The molecule has 0 saturated carbocycles. The number of nitrogens with one attached hydrogen (secondary N) is 1. The third-order valence-electron chi connectivity index (χ3n) is 3.47. The van der Waals surface area contributed by atoms with Crippen molar-refractivity contribution < 1.29 is 4.74 Å². The lowest BCUT2D eigenvalue weighted by Gasteiger charge is -2.34. The third kappa shape index (κ3) is 3.25. The van der Waals surface area contributed by atoms with Crippen LogP contribution in [-0.2, 0) is 4.74 Å². The maximum Gasteiger partial charge on any atom is 0.0469 e. The van der Waals surface area contributed by atoms with Gasteiger partial charge in [0.25, 0.3) is 0 Å². The van der Waals surface area contributed by atoms with E-state index in [1.807, 2.05) is 0 Å². The number of rotatable bonds is 5. The summed E-state index contributed by atoms with van der Waals surface area (Å²) in [6.45, 7) is 9.87. The molecule has 14 heavy (non-hydrogen) atoms. The fraction of sp³-hybridized carbons (Fsp3) is 1.00.